The molecular formula is C10H14N2OS2. The van der Waals surface area contributed by atoms with E-state index in [0.29, 0.717) is 0 Å². The number of rotatable bonds is 2. The lowest BCUT2D eigenvalue weighted by atomic mass is 10.1. The summed E-state index contributed by atoms with van der Waals surface area (Å²) in [5.41, 5.74) is 2.31. The molecule has 0 spiro atoms. The van der Waals surface area contributed by atoms with Gasteiger partial charge in [0, 0.05) is 17.6 Å². The summed E-state index contributed by atoms with van der Waals surface area (Å²) in [4.78, 5) is 5.31. The van der Waals surface area contributed by atoms with Crippen molar-refractivity contribution in [2.45, 2.75) is 38.5 Å². The lowest BCUT2D eigenvalue weighted by molar-refractivity contribution is 0.0123. The topological polar surface area (TPSA) is 34.5 Å². The van der Waals surface area contributed by atoms with E-state index in [1.54, 1.807) is 11.8 Å². The van der Waals surface area contributed by atoms with E-state index in [2.05, 4.69) is 28.8 Å². The van der Waals surface area contributed by atoms with Gasteiger partial charge < -0.3 is 4.84 Å². The summed E-state index contributed by atoms with van der Waals surface area (Å²) in [5.74, 6) is 0.945. The van der Waals surface area contributed by atoms with Crippen molar-refractivity contribution in [3.05, 3.63) is 16.6 Å². The summed E-state index contributed by atoms with van der Waals surface area (Å²) in [6, 6.07) is 0. The molecule has 0 radical (unpaired) electrons. The monoisotopic (exact) mass is 242 g/mol. The molecule has 2 heterocycles. The second kappa shape index (κ2) is 4.14. The maximum atomic E-state index is 5.31. The number of oxime groups is 1. The highest BCUT2D eigenvalue weighted by Crippen LogP contribution is 2.29. The highest BCUT2D eigenvalue weighted by Gasteiger charge is 2.28. The number of thioether (sulfide) groups is 1. The van der Waals surface area contributed by atoms with Crippen LogP contribution in [-0.2, 0) is 10.6 Å². The Balaban J connectivity index is 1.88. The number of aryl methyl sites for hydroxylation is 1. The van der Waals surface area contributed by atoms with Crippen LogP contribution >= 0.6 is 23.3 Å². The minimum Gasteiger partial charge on any atom is -0.389 e. The van der Waals surface area contributed by atoms with E-state index in [1.807, 2.05) is 6.92 Å². The molecule has 82 valence electrons. The molecule has 0 amide bonds. The predicted molar refractivity (Wildman–Crippen MR) is 65.4 cm³/mol. The minimum absolute atomic E-state index is 0.121. The standard InChI is InChI=1S/C10H14N2OS2/c1-7-8(6-15-12-7)5-14-9-4-10(2,3)13-11-9/h6H,4-5H2,1-3H3. The molecule has 1 aromatic rings. The predicted octanol–water partition coefficient (Wildman–Crippen LogP) is 3.20. The largest absolute Gasteiger partial charge is 0.389 e. The van der Waals surface area contributed by atoms with E-state index >= 15 is 0 Å². The lowest BCUT2D eigenvalue weighted by Gasteiger charge is -2.12. The molecule has 5 heteroatoms. The van der Waals surface area contributed by atoms with Crippen molar-refractivity contribution in [1.29, 1.82) is 0 Å². The molecular weight excluding hydrogens is 228 g/mol. The van der Waals surface area contributed by atoms with Crippen LogP contribution in [0.2, 0.25) is 0 Å². The maximum absolute atomic E-state index is 5.31. The summed E-state index contributed by atoms with van der Waals surface area (Å²) in [6.07, 6.45) is 0.911. The van der Waals surface area contributed by atoms with E-state index in [4.69, 9.17) is 4.84 Å². The highest BCUT2D eigenvalue weighted by molar-refractivity contribution is 8.13. The Morgan fingerprint density at radius 1 is 1.60 bits per heavy atom. The lowest BCUT2D eigenvalue weighted by Crippen LogP contribution is -2.18. The van der Waals surface area contributed by atoms with Gasteiger partial charge in [-0.3, -0.25) is 0 Å². The molecule has 0 N–H and O–H groups in total. The fraction of sp³-hybridized carbons (Fsp3) is 0.600. The molecule has 0 bridgehead atoms. The number of aromatic nitrogens is 1. The van der Waals surface area contributed by atoms with E-state index < -0.39 is 0 Å². The zero-order chi connectivity index (χ0) is 10.9. The number of nitrogens with zero attached hydrogens (tertiary/aromatic N) is 2. The first kappa shape index (κ1) is 11.0. The molecule has 0 aliphatic carbocycles. The zero-order valence-corrected chi connectivity index (χ0v) is 10.7. The summed E-state index contributed by atoms with van der Waals surface area (Å²) in [5, 5.41) is 7.27. The van der Waals surface area contributed by atoms with Crippen molar-refractivity contribution in [2.75, 3.05) is 0 Å². The van der Waals surface area contributed by atoms with Gasteiger partial charge in [-0.05, 0) is 37.9 Å². The van der Waals surface area contributed by atoms with Gasteiger partial charge in [0.05, 0.1) is 5.69 Å². The van der Waals surface area contributed by atoms with Gasteiger partial charge in [-0.1, -0.05) is 5.16 Å². The van der Waals surface area contributed by atoms with Crippen LogP contribution < -0.4 is 0 Å². The average Bonchev–Trinajstić information content (AvgIpc) is 2.69. The Hall–Kier alpha value is -0.550. The molecule has 3 nitrogen and oxygen atoms in total. The van der Waals surface area contributed by atoms with Crippen molar-refractivity contribution in [1.82, 2.24) is 4.37 Å². The van der Waals surface area contributed by atoms with Crippen molar-refractivity contribution in [3.8, 4) is 0 Å². The molecule has 1 aliphatic rings. The fourth-order valence-electron chi connectivity index (χ4n) is 1.29. The SMILES string of the molecule is Cc1nscc1CSC1=NOC(C)(C)C1. The van der Waals surface area contributed by atoms with Crippen LogP contribution in [0.4, 0.5) is 0 Å². The maximum Gasteiger partial charge on any atom is 0.138 e. The molecule has 0 atom stereocenters. The normalized spacial score (nSPS) is 18.7. The van der Waals surface area contributed by atoms with Crippen LogP contribution in [0.5, 0.6) is 0 Å². The first-order valence-corrected chi connectivity index (χ1v) is 6.67. The minimum atomic E-state index is -0.121. The highest BCUT2D eigenvalue weighted by atomic mass is 32.2. The van der Waals surface area contributed by atoms with Crippen LogP contribution in [0.15, 0.2) is 10.5 Å². The second-order valence-electron chi connectivity index (χ2n) is 4.23. The molecule has 2 rings (SSSR count). The third-order valence-electron chi connectivity index (χ3n) is 2.22. The van der Waals surface area contributed by atoms with Crippen molar-refractivity contribution in [3.63, 3.8) is 0 Å². The quantitative estimate of drug-likeness (QED) is 0.798. The molecule has 0 aromatic carbocycles. The summed E-state index contributed by atoms with van der Waals surface area (Å²) >= 11 is 3.26. The Morgan fingerprint density at radius 2 is 2.40 bits per heavy atom. The van der Waals surface area contributed by atoms with Gasteiger partial charge in [0.15, 0.2) is 0 Å². The van der Waals surface area contributed by atoms with Crippen LogP contribution in [0, 0.1) is 6.92 Å². The van der Waals surface area contributed by atoms with E-state index in [0.717, 1.165) is 22.9 Å². The van der Waals surface area contributed by atoms with Gasteiger partial charge in [-0.2, -0.15) is 4.37 Å². The fourth-order valence-corrected chi connectivity index (χ4v) is 3.26. The van der Waals surface area contributed by atoms with Crippen molar-refractivity contribution >= 4 is 28.3 Å². The zero-order valence-electron chi connectivity index (χ0n) is 9.11. The van der Waals surface area contributed by atoms with Crippen LogP contribution in [0.1, 0.15) is 31.5 Å². The van der Waals surface area contributed by atoms with Crippen LogP contribution in [0.25, 0.3) is 0 Å². The second-order valence-corrected chi connectivity index (χ2v) is 5.90. The number of hydrogen-bond acceptors (Lipinski definition) is 5. The van der Waals surface area contributed by atoms with Crippen molar-refractivity contribution in [2.24, 2.45) is 5.16 Å². The van der Waals surface area contributed by atoms with Gasteiger partial charge in [0.25, 0.3) is 0 Å². The molecule has 1 aromatic heterocycles. The Kier molecular flexibility index (Phi) is 3.02. The average molecular weight is 242 g/mol. The molecule has 15 heavy (non-hydrogen) atoms. The van der Waals surface area contributed by atoms with Gasteiger partial charge >= 0.3 is 0 Å². The van der Waals surface area contributed by atoms with Gasteiger partial charge in [0.2, 0.25) is 0 Å². The first-order chi connectivity index (χ1) is 7.07. The van der Waals surface area contributed by atoms with Crippen molar-refractivity contribution < 1.29 is 4.84 Å². The molecule has 1 aliphatic heterocycles. The van der Waals surface area contributed by atoms with E-state index in [1.165, 1.54) is 17.1 Å². The Bertz CT molecular complexity index is 385. The number of hydrogen-bond donors (Lipinski definition) is 0. The molecule has 0 saturated heterocycles. The van der Waals surface area contributed by atoms with Crippen LogP contribution in [-0.4, -0.2) is 15.0 Å². The van der Waals surface area contributed by atoms with E-state index in [-0.39, 0.29) is 5.60 Å². The third kappa shape index (κ3) is 2.72. The summed E-state index contributed by atoms with van der Waals surface area (Å²) in [6.45, 7) is 6.16. The van der Waals surface area contributed by atoms with Crippen LogP contribution in [0.3, 0.4) is 0 Å². The molecule has 0 saturated carbocycles. The molecule has 0 fully saturated rings. The third-order valence-corrected chi connectivity index (χ3v) is 3.99. The Labute approximate surface area is 98.1 Å². The smallest absolute Gasteiger partial charge is 0.138 e. The van der Waals surface area contributed by atoms with Gasteiger partial charge in [-0.25, -0.2) is 0 Å². The summed E-state index contributed by atoms with van der Waals surface area (Å²) < 4.78 is 4.25. The first-order valence-electron chi connectivity index (χ1n) is 4.84. The van der Waals surface area contributed by atoms with Gasteiger partial charge in [-0.15, -0.1) is 11.8 Å². The molecule has 0 unspecified atom stereocenters. The Morgan fingerprint density at radius 3 is 2.93 bits per heavy atom. The van der Waals surface area contributed by atoms with Gasteiger partial charge in [0.1, 0.15) is 10.6 Å². The van der Waals surface area contributed by atoms with E-state index in [9.17, 15) is 0 Å². The summed E-state index contributed by atoms with van der Waals surface area (Å²) in [7, 11) is 0.